The first-order valence-electron chi connectivity index (χ1n) is 11.9. The molecule has 0 fully saturated rings. The van der Waals surface area contributed by atoms with E-state index in [0.29, 0.717) is 21.7 Å². The number of halogens is 1. The molecule has 4 rings (SSSR count). The summed E-state index contributed by atoms with van der Waals surface area (Å²) in [5.41, 5.74) is 1.28. The first-order valence-corrected chi connectivity index (χ1v) is 12.9. The summed E-state index contributed by atoms with van der Waals surface area (Å²) in [5, 5.41) is 16.3. The monoisotopic (exact) mass is 555 g/mol. The minimum atomic E-state index is -0.608. The second-order valence-electron chi connectivity index (χ2n) is 8.43. The van der Waals surface area contributed by atoms with Crippen molar-refractivity contribution in [3.05, 3.63) is 141 Å². The van der Waals surface area contributed by atoms with E-state index in [4.69, 9.17) is 0 Å². The first kappa shape index (κ1) is 27.9. The largest absolute Gasteiger partial charge is 0.321 e. The van der Waals surface area contributed by atoms with Gasteiger partial charge in [-0.15, -0.1) is 11.8 Å². The number of hydrogen-bond acceptors (Lipinski definition) is 6. The Bertz CT molecular complexity index is 1590. The number of nitro groups is 1. The van der Waals surface area contributed by atoms with Crippen LogP contribution < -0.4 is 10.6 Å². The molecule has 4 aromatic carbocycles. The molecule has 0 radical (unpaired) electrons. The quantitative estimate of drug-likeness (QED) is 0.0800. The molecule has 0 atom stereocenters. The van der Waals surface area contributed by atoms with Gasteiger partial charge in [0.1, 0.15) is 11.5 Å². The van der Waals surface area contributed by atoms with Crippen LogP contribution >= 0.6 is 11.8 Å². The van der Waals surface area contributed by atoms with Crippen molar-refractivity contribution in [1.82, 2.24) is 5.32 Å². The standard InChI is InChI=1S/C30H22FN3O5S/c31-23-14-12-20(13-15-23)16-27(33-29(36)21-6-2-1-3-7-21)30(37)32-24-9-5-11-26(18-24)40-19-28(35)22-8-4-10-25(17-22)34(38)39/h1-18H,19H2,(H,32,37)(H,33,36)/b27-16-. The van der Waals surface area contributed by atoms with Crippen molar-refractivity contribution in [2.75, 3.05) is 11.1 Å². The van der Waals surface area contributed by atoms with Crippen LogP contribution in [-0.4, -0.2) is 28.3 Å². The van der Waals surface area contributed by atoms with Crippen molar-refractivity contribution < 1.29 is 23.7 Å². The maximum absolute atomic E-state index is 13.4. The Balaban J connectivity index is 1.48. The lowest BCUT2D eigenvalue weighted by atomic mass is 10.1. The van der Waals surface area contributed by atoms with Gasteiger partial charge in [-0.05, 0) is 54.1 Å². The predicted molar refractivity (Wildman–Crippen MR) is 152 cm³/mol. The molecule has 10 heteroatoms. The Hall–Kier alpha value is -5.09. The third-order valence-corrected chi connectivity index (χ3v) is 6.54. The van der Waals surface area contributed by atoms with E-state index < -0.39 is 22.6 Å². The van der Waals surface area contributed by atoms with Gasteiger partial charge in [0.05, 0.1) is 10.7 Å². The van der Waals surface area contributed by atoms with Crippen molar-refractivity contribution in [2.45, 2.75) is 4.90 Å². The van der Waals surface area contributed by atoms with Crippen LogP contribution in [0.2, 0.25) is 0 Å². The van der Waals surface area contributed by atoms with E-state index in [-0.39, 0.29) is 28.5 Å². The number of Topliss-reactive ketones (excluding diaryl/α,β-unsaturated/α-hetero) is 1. The average Bonchev–Trinajstić information content (AvgIpc) is 2.97. The number of carbonyl (C=O) groups excluding carboxylic acids is 3. The normalized spacial score (nSPS) is 11.0. The van der Waals surface area contributed by atoms with Crippen molar-refractivity contribution in [3.8, 4) is 0 Å². The molecule has 0 aliphatic carbocycles. The fourth-order valence-corrected chi connectivity index (χ4v) is 4.40. The molecule has 0 aromatic heterocycles. The lowest BCUT2D eigenvalue weighted by Gasteiger charge is -2.12. The van der Waals surface area contributed by atoms with Gasteiger partial charge in [-0.1, -0.05) is 48.5 Å². The van der Waals surface area contributed by atoms with Gasteiger partial charge in [0, 0.05) is 33.8 Å². The van der Waals surface area contributed by atoms with Gasteiger partial charge in [-0.25, -0.2) is 4.39 Å². The Labute approximate surface area is 233 Å². The Morgan fingerprint density at radius 3 is 2.27 bits per heavy atom. The number of thioether (sulfide) groups is 1. The van der Waals surface area contributed by atoms with Crippen LogP contribution in [0.5, 0.6) is 0 Å². The zero-order valence-electron chi connectivity index (χ0n) is 20.9. The highest BCUT2D eigenvalue weighted by molar-refractivity contribution is 8.00. The zero-order valence-corrected chi connectivity index (χ0v) is 21.7. The van der Waals surface area contributed by atoms with Gasteiger partial charge < -0.3 is 10.6 Å². The molecular weight excluding hydrogens is 533 g/mol. The van der Waals surface area contributed by atoms with Gasteiger partial charge in [0.15, 0.2) is 5.78 Å². The van der Waals surface area contributed by atoms with Gasteiger partial charge in [0.2, 0.25) is 0 Å². The minimum Gasteiger partial charge on any atom is -0.321 e. The van der Waals surface area contributed by atoms with Crippen LogP contribution in [0.25, 0.3) is 6.08 Å². The number of nitro benzene ring substituents is 1. The molecule has 0 aliphatic heterocycles. The summed E-state index contributed by atoms with van der Waals surface area (Å²) in [6.45, 7) is 0. The number of carbonyl (C=O) groups is 3. The first-order chi connectivity index (χ1) is 19.3. The second kappa shape index (κ2) is 13.1. The Morgan fingerprint density at radius 1 is 0.850 bits per heavy atom. The summed E-state index contributed by atoms with van der Waals surface area (Å²) in [4.78, 5) is 49.7. The van der Waals surface area contributed by atoms with E-state index >= 15 is 0 Å². The topological polar surface area (TPSA) is 118 Å². The number of ketones is 1. The molecule has 0 bridgehead atoms. The van der Waals surface area contributed by atoms with Crippen LogP contribution in [0, 0.1) is 15.9 Å². The predicted octanol–water partition coefficient (Wildman–Crippen LogP) is 6.12. The number of benzene rings is 4. The highest BCUT2D eigenvalue weighted by atomic mass is 32.2. The summed E-state index contributed by atoms with van der Waals surface area (Å²) < 4.78 is 13.4. The third kappa shape index (κ3) is 7.71. The molecule has 40 heavy (non-hydrogen) atoms. The maximum atomic E-state index is 13.4. The number of rotatable bonds is 10. The molecule has 0 aliphatic rings. The number of anilines is 1. The van der Waals surface area contributed by atoms with Gasteiger partial charge >= 0.3 is 0 Å². The molecule has 8 nitrogen and oxygen atoms in total. The summed E-state index contributed by atoms with van der Waals surface area (Å²) in [6.07, 6.45) is 1.44. The van der Waals surface area contributed by atoms with Crippen molar-refractivity contribution >= 4 is 46.8 Å². The van der Waals surface area contributed by atoms with Crippen molar-refractivity contribution in [2.24, 2.45) is 0 Å². The Morgan fingerprint density at radius 2 is 1.55 bits per heavy atom. The summed E-state index contributed by atoms with van der Waals surface area (Å²) in [5.74, 6) is -1.79. The molecule has 2 N–H and O–H groups in total. The molecule has 0 heterocycles. The lowest BCUT2D eigenvalue weighted by molar-refractivity contribution is -0.384. The van der Waals surface area contributed by atoms with Gasteiger partial charge in [-0.2, -0.15) is 0 Å². The molecular formula is C30H22FN3O5S. The van der Waals surface area contributed by atoms with Crippen LogP contribution in [0.1, 0.15) is 26.3 Å². The number of nitrogens with one attached hydrogen (secondary N) is 2. The number of amides is 2. The van der Waals surface area contributed by atoms with Crippen molar-refractivity contribution in [1.29, 1.82) is 0 Å². The second-order valence-corrected chi connectivity index (χ2v) is 9.48. The molecule has 200 valence electrons. The summed E-state index contributed by atoms with van der Waals surface area (Å²) >= 11 is 1.21. The fourth-order valence-electron chi connectivity index (χ4n) is 3.56. The molecule has 2 amide bonds. The Kier molecular flexibility index (Phi) is 9.16. The van der Waals surface area contributed by atoms with Crippen LogP contribution in [0.3, 0.4) is 0 Å². The number of nitrogens with zero attached hydrogens (tertiary/aromatic N) is 1. The zero-order chi connectivity index (χ0) is 28.5. The molecule has 0 unspecified atom stereocenters. The van der Waals surface area contributed by atoms with Gasteiger partial charge in [0.25, 0.3) is 17.5 Å². The molecule has 4 aromatic rings. The molecule has 0 saturated carbocycles. The van der Waals surface area contributed by atoms with E-state index in [1.165, 1.54) is 66.4 Å². The van der Waals surface area contributed by atoms with Crippen molar-refractivity contribution in [3.63, 3.8) is 0 Å². The fraction of sp³-hybridized carbons (Fsp3) is 0.0333. The SMILES string of the molecule is O=C(Nc1cccc(SCC(=O)c2cccc([N+](=O)[O-])c2)c1)/C(=C/c1ccc(F)cc1)NC(=O)c1ccccc1. The lowest BCUT2D eigenvalue weighted by Crippen LogP contribution is -2.30. The van der Waals surface area contributed by atoms with Crippen LogP contribution in [0.4, 0.5) is 15.8 Å². The van der Waals surface area contributed by atoms with Crippen LogP contribution in [0.15, 0.2) is 114 Å². The van der Waals surface area contributed by atoms with Gasteiger partial charge in [-0.3, -0.25) is 24.5 Å². The third-order valence-electron chi connectivity index (χ3n) is 5.55. The average molecular weight is 556 g/mol. The minimum absolute atomic E-state index is 0.0292. The van der Waals surface area contributed by atoms with E-state index in [0.717, 1.165) is 0 Å². The smallest absolute Gasteiger partial charge is 0.272 e. The number of non-ortho nitro benzene ring substituents is 1. The van der Waals surface area contributed by atoms with E-state index in [9.17, 15) is 28.9 Å². The highest BCUT2D eigenvalue weighted by Crippen LogP contribution is 2.24. The number of hydrogen-bond donors (Lipinski definition) is 2. The van der Waals surface area contributed by atoms with E-state index in [1.807, 2.05) is 0 Å². The van der Waals surface area contributed by atoms with Crippen LogP contribution in [-0.2, 0) is 4.79 Å². The summed E-state index contributed by atoms with van der Waals surface area (Å²) in [6, 6.07) is 26.1. The molecule has 0 spiro atoms. The highest BCUT2D eigenvalue weighted by Gasteiger charge is 2.16. The maximum Gasteiger partial charge on any atom is 0.272 e. The summed E-state index contributed by atoms with van der Waals surface area (Å²) in [7, 11) is 0. The van der Waals surface area contributed by atoms with E-state index in [2.05, 4.69) is 10.6 Å². The van der Waals surface area contributed by atoms with E-state index in [1.54, 1.807) is 54.6 Å². The molecule has 0 saturated heterocycles.